The van der Waals surface area contributed by atoms with Crippen LogP contribution >= 0.6 is 23.4 Å². The van der Waals surface area contributed by atoms with Crippen molar-refractivity contribution in [2.45, 2.75) is 23.4 Å². The third-order valence-electron chi connectivity index (χ3n) is 3.00. The van der Waals surface area contributed by atoms with Crippen molar-refractivity contribution < 1.29 is 0 Å². The van der Waals surface area contributed by atoms with Gasteiger partial charge in [-0.1, -0.05) is 42.4 Å². The summed E-state index contributed by atoms with van der Waals surface area (Å²) < 4.78 is 0. The molecule has 108 valence electrons. The highest BCUT2D eigenvalue weighted by atomic mass is 35.5. The van der Waals surface area contributed by atoms with E-state index in [4.69, 9.17) is 11.6 Å². The van der Waals surface area contributed by atoms with Crippen LogP contribution in [0.5, 0.6) is 0 Å². The number of nitrogens with one attached hydrogen (secondary N) is 2. The standard InChI is InChI=1S/C14H14ClN5S/c1-2-16-6-9-4-3-5-10(15)12(9)21-14-11-13(18-7-17-11)19-8-20-14/h3-5,7-8,16H,2,6H2,1H3,(H,17,18,19,20). The highest BCUT2D eigenvalue weighted by molar-refractivity contribution is 7.99. The lowest BCUT2D eigenvalue weighted by Gasteiger charge is -2.11. The fraction of sp³-hybridized carbons (Fsp3) is 0.214. The molecule has 3 aromatic rings. The quantitative estimate of drug-likeness (QED) is 0.707. The molecule has 0 saturated heterocycles. The number of aromatic amines is 1. The molecule has 0 aliphatic carbocycles. The van der Waals surface area contributed by atoms with Gasteiger partial charge in [-0.05, 0) is 18.2 Å². The molecule has 7 heteroatoms. The van der Waals surface area contributed by atoms with Gasteiger partial charge in [0.05, 0.1) is 11.3 Å². The van der Waals surface area contributed by atoms with Crippen LogP contribution in [0.2, 0.25) is 5.02 Å². The van der Waals surface area contributed by atoms with Gasteiger partial charge in [0.15, 0.2) is 5.65 Å². The van der Waals surface area contributed by atoms with E-state index < -0.39 is 0 Å². The molecule has 0 aliphatic rings. The molecule has 0 bridgehead atoms. The zero-order valence-corrected chi connectivity index (χ0v) is 13.0. The Morgan fingerprint density at radius 2 is 2.19 bits per heavy atom. The number of imidazole rings is 1. The lowest BCUT2D eigenvalue weighted by Crippen LogP contribution is -2.12. The number of halogens is 1. The zero-order chi connectivity index (χ0) is 14.7. The predicted molar refractivity (Wildman–Crippen MR) is 84.6 cm³/mol. The molecule has 0 radical (unpaired) electrons. The smallest absolute Gasteiger partial charge is 0.181 e. The number of aromatic nitrogens is 4. The fourth-order valence-electron chi connectivity index (χ4n) is 1.98. The van der Waals surface area contributed by atoms with Crippen LogP contribution in [0, 0.1) is 0 Å². The Morgan fingerprint density at radius 1 is 1.29 bits per heavy atom. The summed E-state index contributed by atoms with van der Waals surface area (Å²) in [6, 6.07) is 5.93. The molecule has 21 heavy (non-hydrogen) atoms. The Labute approximate surface area is 131 Å². The minimum atomic E-state index is 0.660. The fourth-order valence-corrected chi connectivity index (χ4v) is 3.28. The van der Waals surface area contributed by atoms with Gasteiger partial charge < -0.3 is 10.3 Å². The Morgan fingerprint density at radius 3 is 3.05 bits per heavy atom. The Hall–Kier alpha value is -1.63. The van der Waals surface area contributed by atoms with E-state index in [2.05, 4.69) is 38.2 Å². The molecule has 2 heterocycles. The van der Waals surface area contributed by atoms with Crippen LogP contribution in [-0.2, 0) is 6.54 Å². The van der Waals surface area contributed by atoms with Crippen molar-refractivity contribution in [2.75, 3.05) is 6.54 Å². The molecule has 2 N–H and O–H groups in total. The number of fused-ring (bicyclic) bond motifs is 1. The summed E-state index contributed by atoms with van der Waals surface area (Å²) in [7, 11) is 0. The topological polar surface area (TPSA) is 66.5 Å². The van der Waals surface area contributed by atoms with Crippen molar-refractivity contribution in [3.8, 4) is 0 Å². The molecule has 0 atom stereocenters. The SMILES string of the molecule is CCNCc1cccc(Cl)c1Sc1ncnc2nc[nH]c12. The maximum absolute atomic E-state index is 6.37. The molecule has 0 amide bonds. The molecule has 5 nitrogen and oxygen atoms in total. The molecule has 2 aromatic heterocycles. The maximum atomic E-state index is 6.37. The number of hydrogen-bond donors (Lipinski definition) is 2. The average molecular weight is 320 g/mol. The monoisotopic (exact) mass is 319 g/mol. The molecule has 1 aromatic carbocycles. The second kappa shape index (κ2) is 6.43. The van der Waals surface area contributed by atoms with Gasteiger partial charge in [0, 0.05) is 11.4 Å². The number of rotatable bonds is 5. The number of benzene rings is 1. The van der Waals surface area contributed by atoms with E-state index in [-0.39, 0.29) is 0 Å². The molecule has 0 unspecified atom stereocenters. The van der Waals surface area contributed by atoms with Crippen molar-refractivity contribution in [3.05, 3.63) is 41.4 Å². The number of hydrogen-bond acceptors (Lipinski definition) is 5. The van der Waals surface area contributed by atoms with Gasteiger partial charge in [-0.15, -0.1) is 0 Å². The molecular weight excluding hydrogens is 306 g/mol. The first kappa shape index (κ1) is 14.3. The Balaban J connectivity index is 1.99. The van der Waals surface area contributed by atoms with E-state index in [1.807, 2.05) is 12.1 Å². The van der Waals surface area contributed by atoms with Crippen molar-refractivity contribution in [1.29, 1.82) is 0 Å². The third-order valence-corrected chi connectivity index (χ3v) is 4.62. The Bertz CT molecular complexity index is 758. The molecule has 0 saturated carbocycles. The van der Waals surface area contributed by atoms with Gasteiger partial charge in [-0.25, -0.2) is 15.0 Å². The first-order valence-electron chi connectivity index (χ1n) is 6.59. The van der Waals surface area contributed by atoms with Gasteiger partial charge in [0.2, 0.25) is 0 Å². The van der Waals surface area contributed by atoms with E-state index in [1.54, 1.807) is 6.33 Å². The number of nitrogens with zero attached hydrogens (tertiary/aromatic N) is 3. The first-order chi connectivity index (χ1) is 10.3. The van der Waals surface area contributed by atoms with Crippen LogP contribution in [0.25, 0.3) is 11.2 Å². The molecular formula is C14H14ClN5S. The zero-order valence-electron chi connectivity index (χ0n) is 11.4. The average Bonchev–Trinajstić information content (AvgIpc) is 2.97. The summed E-state index contributed by atoms with van der Waals surface area (Å²) in [6.45, 7) is 3.77. The summed E-state index contributed by atoms with van der Waals surface area (Å²) >= 11 is 7.90. The lowest BCUT2D eigenvalue weighted by atomic mass is 10.2. The highest BCUT2D eigenvalue weighted by Gasteiger charge is 2.13. The van der Waals surface area contributed by atoms with E-state index in [0.29, 0.717) is 5.65 Å². The van der Waals surface area contributed by atoms with Gasteiger partial charge in [-0.3, -0.25) is 0 Å². The predicted octanol–water partition coefficient (Wildman–Crippen LogP) is 3.27. The summed E-state index contributed by atoms with van der Waals surface area (Å²) in [5.41, 5.74) is 2.64. The third kappa shape index (κ3) is 3.02. The Kier molecular flexibility index (Phi) is 4.38. The van der Waals surface area contributed by atoms with Gasteiger partial charge in [0.1, 0.15) is 16.9 Å². The van der Waals surface area contributed by atoms with Crippen LogP contribution in [-0.4, -0.2) is 26.5 Å². The lowest BCUT2D eigenvalue weighted by molar-refractivity contribution is 0.718. The summed E-state index contributed by atoms with van der Waals surface area (Å²) in [4.78, 5) is 16.7. The van der Waals surface area contributed by atoms with Crippen molar-refractivity contribution in [1.82, 2.24) is 25.3 Å². The highest BCUT2D eigenvalue weighted by Crippen LogP contribution is 2.37. The largest absolute Gasteiger partial charge is 0.341 e. The number of H-pyrrole nitrogens is 1. The minimum absolute atomic E-state index is 0.660. The van der Waals surface area contributed by atoms with Crippen LogP contribution in [0.3, 0.4) is 0 Å². The maximum Gasteiger partial charge on any atom is 0.181 e. The van der Waals surface area contributed by atoms with Crippen LogP contribution in [0.15, 0.2) is 40.8 Å². The van der Waals surface area contributed by atoms with Crippen molar-refractivity contribution >= 4 is 34.5 Å². The molecule has 0 aliphatic heterocycles. The second-order valence-electron chi connectivity index (χ2n) is 4.39. The summed E-state index contributed by atoms with van der Waals surface area (Å²) in [5, 5.41) is 4.87. The van der Waals surface area contributed by atoms with E-state index >= 15 is 0 Å². The van der Waals surface area contributed by atoms with Gasteiger partial charge in [0.25, 0.3) is 0 Å². The summed E-state index contributed by atoms with van der Waals surface area (Å²) in [5.74, 6) is 0. The molecule has 0 fully saturated rings. The van der Waals surface area contributed by atoms with Crippen LogP contribution < -0.4 is 5.32 Å². The second-order valence-corrected chi connectivity index (χ2v) is 5.80. The van der Waals surface area contributed by atoms with E-state index in [9.17, 15) is 0 Å². The molecule has 3 rings (SSSR count). The van der Waals surface area contributed by atoms with E-state index in [1.165, 1.54) is 18.1 Å². The van der Waals surface area contributed by atoms with E-state index in [0.717, 1.165) is 39.1 Å². The first-order valence-corrected chi connectivity index (χ1v) is 7.79. The van der Waals surface area contributed by atoms with Gasteiger partial charge >= 0.3 is 0 Å². The summed E-state index contributed by atoms with van der Waals surface area (Å²) in [6.07, 6.45) is 3.14. The van der Waals surface area contributed by atoms with Crippen LogP contribution in [0.1, 0.15) is 12.5 Å². The molecule has 0 spiro atoms. The minimum Gasteiger partial charge on any atom is -0.341 e. The van der Waals surface area contributed by atoms with Crippen molar-refractivity contribution in [3.63, 3.8) is 0 Å². The van der Waals surface area contributed by atoms with Crippen LogP contribution in [0.4, 0.5) is 0 Å². The van der Waals surface area contributed by atoms with Crippen molar-refractivity contribution in [2.24, 2.45) is 0 Å². The van der Waals surface area contributed by atoms with Gasteiger partial charge in [-0.2, -0.15) is 0 Å². The normalized spacial score (nSPS) is 11.1.